The number of hydrogen-bond donors (Lipinski definition) is 0. The molecule has 0 radical (unpaired) electrons. The number of nitrogens with zero attached hydrogens (tertiary/aromatic N) is 1. The first-order chi connectivity index (χ1) is 9.88. The molecule has 1 aliphatic heterocycles. The second-order valence-corrected chi connectivity index (χ2v) is 7.00. The molecule has 2 unspecified atom stereocenters. The minimum absolute atomic E-state index is 0.132. The van der Waals surface area contributed by atoms with E-state index < -0.39 is 10.0 Å². The van der Waals surface area contributed by atoms with E-state index in [1.807, 2.05) is 13.8 Å². The first-order valence-corrected chi connectivity index (χ1v) is 8.20. The smallest absolute Gasteiger partial charge is 0.246 e. The lowest BCUT2D eigenvalue weighted by atomic mass is 10.3. The Labute approximate surface area is 125 Å². The summed E-state index contributed by atoms with van der Waals surface area (Å²) in [5, 5.41) is 0. The molecule has 6 nitrogen and oxygen atoms in total. The summed E-state index contributed by atoms with van der Waals surface area (Å²) in [6.07, 6.45) is -0.263. The molecule has 0 spiro atoms. The minimum atomic E-state index is -3.62. The topological polar surface area (TPSA) is 65.1 Å². The Morgan fingerprint density at radius 3 is 2.29 bits per heavy atom. The zero-order valence-corrected chi connectivity index (χ0v) is 13.5. The number of sulfonamides is 1. The van der Waals surface area contributed by atoms with Crippen LogP contribution in [0, 0.1) is 0 Å². The van der Waals surface area contributed by atoms with Crippen molar-refractivity contribution in [1.82, 2.24) is 4.31 Å². The van der Waals surface area contributed by atoms with Gasteiger partial charge in [0, 0.05) is 19.2 Å². The Morgan fingerprint density at radius 2 is 1.76 bits per heavy atom. The second kappa shape index (κ2) is 6.21. The van der Waals surface area contributed by atoms with Crippen molar-refractivity contribution < 1.29 is 22.6 Å². The van der Waals surface area contributed by atoms with Gasteiger partial charge in [-0.25, -0.2) is 8.42 Å². The van der Waals surface area contributed by atoms with Crippen LogP contribution >= 0.6 is 0 Å². The Balaban J connectivity index is 2.39. The number of methoxy groups -OCH3 is 2. The van der Waals surface area contributed by atoms with Crippen molar-refractivity contribution in [3.63, 3.8) is 0 Å². The highest BCUT2D eigenvalue weighted by molar-refractivity contribution is 7.89. The number of rotatable bonds is 4. The minimum Gasteiger partial charge on any atom is -0.497 e. The highest BCUT2D eigenvalue weighted by Gasteiger charge is 2.34. The van der Waals surface area contributed by atoms with E-state index >= 15 is 0 Å². The van der Waals surface area contributed by atoms with Gasteiger partial charge in [-0.05, 0) is 26.0 Å². The molecular weight excluding hydrogens is 294 g/mol. The first kappa shape index (κ1) is 16.1. The maximum atomic E-state index is 12.8. The molecule has 1 fully saturated rings. The van der Waals surface area contributed by atoms with Crippen LogP contribution in [0.3, 0.4) is 0 Å². The quantitative estimate of drug-likeness (QED) is 0.842. The molecule has 0 bridgehead atoms. The Morgan fingerprint density at radius 1 is 1.14 bits per heavy atom. The zero-order valence-electron chi connectivity index (χ0n) is 12.7. The molecular formula is C14H21NO5S. The third kappa shape index (κ3) is 3.30. The lowest BCUT2D eigenvalue weighted by Gasteiger charge is -2.34. The number of benzene rings is 1. The lowest BCUT2D eigenvalue weighted by molar-refractivity contribution is -0.0441. The second-order valence-electron chi connectivity index (χ2n) is 5.10. The van der Waals surface area contributed by atoms with E-state index in [4.69, 9.17) is 14.2 Å². The van der Waals surface area contributed by atoms with E-state index in [1.165, 1.54) is 24.6 Å². The molecule has 0 amide bonds. The van der Waals surface area contributed by atoms with Crippen molar-refractivity contribution in [3.05, 3.63) is 18.2 Å². The third-order valence-corrected chi connectivity index (χ3v) is 5.25. The van der Waals surface area contributed by atoms with E-state index in [-0.39, 0.29) is 22.9 Å². The number of ether oxygens (including phenoxy) is 3. The molecule has 2 rings (SSSR count). The molecule has 118 valence electrons. The van der Waals surface area contributed by atoms with Gasteiger partial charge >= 0.3 is 0 Å². The predicted octanol–water partition coefficient (Wildman–Crippen LogP) is 1.50. The summed E-state index contributed by atoms with van der Waals surface area (Å²) in [6, 6.07) is 4.70. The van der Waals surface area contributed by atoms with Crippen LogP contribution in [0.1, 0.15) is 13.8 Å². The largest absolute Gasteiger partial charge is 0.497 e. The van der Waals surface area contributed by atoms with Crippen molar-refractivity contribution in [2.45, 2.75) is 31.0 Å². The molecule has 0 saturated carbocycles. The molecule has 7 heteroatoms. The first-order valence-electron chi connectivity index (χ1n) is 6.76. The molecule has 21 heavy (non-hydrogen) atoms. The van der Waals surface area contributed by atoms with Crippen LogP contribution in [0.4, 0.5) is 0 Å². The Hall–Kier alpha value is -1.31. The number of morpholine rings is 1. The molecule has 0 aromatic heterocycles. The molecule has 0 aliphatic carbocycles. The van der Waals surface area contributed by atoms with E-state index in [2.05, 4.69) is 0 Å². The molecule has 1 saturated heterocycles. The average Bonchev–Trinajstić information content (AvgIpc) is 2.45. The molecule has 0 N–H and O–H groups in total. The van der Waals surface area contributed by atoms with Gasteiger partial charge in [-0.15, -0.1) is 0 Å². The maximum Gasteiger partial charge on any atom is 0.246 e. The predicted molar refractivity (Wildman–Crippen MR) is 78.3 cm³/mol. The lowest BCUT2D eigenvalue weighted by Crippen LogP contribution is -2.48. The van der Waals surface area contributed by atoms with Crippen molar-refractivity contribution >= 4 is 10.0 Å². The van der Waals surface area contributed by atoms with Gasteiger partial charge in [-0.3, -0.25) is 0 Å². The summed E-state index contributed by atoms with van der Waals surface area (Å²) in [5.74, 6) is 0.829. The fraction of sp³-hybridized carbons (Fsp3) is 0.571. The highest BCUT2D eigenvalue weighted by Crippen LogP contribution is 2.31. The van der Waals surface area contributed by atoms with Gasteiger partial charge in [0.1, 0.15) is 16.4 Å². The van der Waals surface area contributed by atoms with E-state index in [1.54, 1.807) is 12.1 Å². The van der Waals surface area contributed by atoms with Crippen LogP contribution in [0.15, 0.2) is 23.1 Å². The standard InChI is InChI=1S/C14H21NO5S/c1-10-8-15(9-11(2)20-10)21(16,17)14-6-5-12(18-3)7-13(14)19-4/h5-7,10-11H,8-9H2,1-4H3. The zero-order chi connectivity index (χ0) is 15.6. The summed E-state index contributed by atoms with van der Waals surface area (Å²) in [6.45, 7) is 4.40. The van der Waals surface area contributed by atoms with Gasteiger partial charge in [0.15, 0.2) is 0 Å². The van der Waals surface area contributed by atoms with Gasteiger partial charge < -0.3 is 14.2 Å². The monoisotopic (exact) mass is 315 g/mol. The van der Waals surface area contributed by atoms with Gasteiger partial charge in [0.2, 0.25) is 10.0 Å². The van der Waals surface area contributed by atoms with Crippen molar-refractivity contribution in [2.75, 3.05) is 27.3 Å². The Kier molecular flexibility index (Phi) is 4.75. The van der Waals surface area contributed by atoms with E-state index in [9.17, 15) is 8.42 Å². The molecule has 1 aromatic carbocycles. The van der Waals surface area contributed by atoms with Gasteiger partial charge in [0.05, 0.1) is 26.4 Å². The fourth-order valence-corrected chi connectivity index (χ4v) is 4.18. The summed E-state index contributed by atoms with van der Waals surface area (Å²) in [5.41, 5.74) is 0. The molecule has 1 aliphatic rings. The van der Waals surface area contributed by atoms with Gasteiger partial charge in [0.25, 0.3) is 0 Å². The van der Waals surface area contributed by atoms with Crippen LogP contribution in [0.25, 0.3) is 0 Å². The van der Waals surface area contributed by atoms with Crippen molar-refractivity contribution in [3.8, 4) is 11.5 Å². The third-order valence-electron chi connectivity index (χ3n) is 3.37. The van der Waals surface area contributed by atoms with Crippen molar-refractivity contribution in [1.29, 1.82) is 0 Å². The maximum absolute atomic E-state index is 12.8. The summed E-state index contributed by atoms with van der Waals surface area (Å²) in [4.78, 5) is 0.145. The average molecular weight is 315 g/mol. The summed E-state index contributed by atoms with van der Waals surface area (Å²) >= 11 is 0. The highest BCUT2D eigenvalue weighted by atomic mass is 32.2. The fourth-order valence-electron chi connectivity index (χ4n) is 2.45. The normalized spacial score (nSPS) is 23.8. The van der Waals surface area contributed by atoms with Crippen LogP contribution in [-0.4, -0.2) is 52.2 Å². The summed E-state index contributed by atoms with van der Waals surface area (Å²) < 4.78 is 42.9. The Bertz CT molecular complexity index is 591. The van der Waals surface area contributed by atoms with Crippen LogP contribution in [0.5, 0.6) is 11.5 Å². The van der Waals surface area contributed by atoms with Crippen LogP contribution < -0.4 is 9.47 Å². The van der Waals surface area contributed by atoms with Crippen LogP contribution in [-0.2, 0) is 14.8 Å². The van der Waals surface area contributed by atoms with Gasteiger partial charge in [-0.1, -0.05) is 0 Å². The SMILES string of the molecule is COc1ccc(S(=O)(=O)N2CC(C)OC(C)C2)c(OC)c1. The van der Waals surface area contributed by atoms with Crippen LogP contribution in [0.2, 0.25) is 0 Å². The molecule has 2 atom stereocenters. The summed E-state index contributed by atoms with van der Waals surface area (Å²) in [7, 11) is -0.658. The van der Waals surface area contributed by atoms with Crippen molar-refractivity contribution in [2.24, 2.45) is 0 Å². The number of hydrogen-bond acceptors (Lipinski definition) is 5. The molecule has 1 heterocycles. The van der Waals surface area contributed by atoms with Gasteiger partial charge in [-0.2, -0.15) is 4.31 Å². The molecule has 1 aromatic rings. The van der Waals surface area contributed by atoms with E-state index in [0.29, 0.717) is 18.8 Å². The van der Waals surface area contributed by atoms with E-state index in [0.717, 1.165) is 0 Å².